The van der Waals surface area contributed by atoms with Crippen molar-refractivity contribution in [2.75, 3.05) is 39.3 Å². The Labute approximate surface area is 192 Å². The largest absolute Gasteiger partial charge is 0.341 e. The fraction of sp³-hybridized carbons (Fsp3) is 0.480. The molecule has 6 nitrogen and oxygen atoms in total. The van der Waals surface area contributed by atoms with Gasteiger partial charge in [0.2, 0.25) is 15.9 Å². The van der Waals surface area contributed by atoms with Crippen LogP contribution in [0.5, 0.6) is 0 Å². The summed E-state index contributed by atoms with van der Waals surface area (Å²) in [6, 6.07) is 17.4. The first-order valence-electron chi connectivity index (χ1n) is 11.6. The average molecular weight is 458 g/mol. The number of nitrogens with zero attached hydrogens (tertiary/aromatic N) is 3. The normalized spacial score (nSPS) is 15.7. The Morgan fingerprint density at radius 2 is 1.56 bits per heavy atom. The van der Waals surface area contributed by atoms with Crippen molar-refractivity contribution in [1.29, 1.82) is 0 Å². The molecule has 1 fully saturated rings. The Morgan fingerprint density at radius 1 is 0.875 bits per heavy atom. The van der Waals surface area contributed by atoms with E-state index < -0.39 is 10.0 Å². The Kier molecular flexibility index (Phi) is 8.84. The van der Waals surface area contributed by atoms with Crippen LogP contribution in [0.15, 0.2) is 59.5 Å². The van der Waals surface area contributed by atoms with Gasteiger partial charge in [-0.2, -0.15) is 4.31 Å². The van der Waals surface area contributed by atoms with Crippen LogP contribution in [0.1, 0.15) is 37.8 Å². The van der Waals surface area contributed by atoms with Crippen molar-refractivity contribution in [2.45, 2.75) is 44.6 Å². The van der Waals surface area contributed by atoms with E-state index in [0.717, 1.165) is 44.7 Å². The molecule has 0 atom stereocenters. The molecule has 0 bridgehead atoms. The second kappa shape index (κ2) is 11.6. The summed E-state index contributed by atoms with van der Waals surface area (Å²) in [7, 11) is -3.44. The molecule has 0 aromatic heterocycles. The lowest BCUT2D eigenvalue weighted by molar-refractivity contribution is -0.131. The van der Waals surface area contributed by atoms with E-state index in [0.29, 0.717) is 30.8 Å². The van der Waals surface area contributed by atoms with E-state index in [-0.39, 0.29) is 5.91 Å². The van der Waals surface area contributed by atoms with Gasteiger partial charge in [-0.05, 0) is 36.1 Å². The second-order valence-electron chi connectivity index (χ2n) is 8.23. The molecule has 2 aromatic rings. The first-order valence-corrected chi connectivity index (χ1v) is 13.0. The zero-order valence-corrected chi connectivity index (χ0v) is 20.1. The number of aryl methyl sites for hydroxylation is 1. The monoisotopic (exact) mass is 457 g/mol. The molecule has 0 N–H and O–H groups in total. The average Bonchev–Trinajstić information content (AvgIpc) is 3.05. The Balaban J connectivity index is 1.50. The summed E-state index contributed by atoms with van der Waals surface area (Å²) in [4.78, 5) is 17.5. The third-order valence-corrected chi connectivity index (χ3v) is 8.15. The molecule has 1 heterocycles. The lowest BCUT2D eigenvalue weighted by Crippen LogP contribution is -2.35. The summed E-state index contributed by atoms with van der Waals surface area (Å²) in [5.74, 6) is 0.173. The highest BCUT2D eigenvalue weighted by molar-refractivity contribution is 7.89. The fourth-order valence-electron chi connectivity index (χ4n) is 4.17. The van der Waals surface area contributed by atoms with Gasteiger partial charge < -0.3 is 4.90 Å². The molecule has 1 saturated heterocycles. The van der Waals surface area contributed by atoms with Gasteiger partial charge in [0, 0.05) is 52.2 Å². The summed E-state index contributed by atoms with van der Waals surface area (Å²) >= 11 is 0. The van der Waals surface area contributed by atoms with E-state index in [1.165, 1.54) is 9.87 Å². The molecule has 32 heavy (non-hydrogen) atoms. The van der Waals surface area contributed by atoms with Crippen molar-refractivity contribution in [3.05, 3.63) is 65.7 Å². The maximum absolute atomic E-state index is 12.8. The van der Waals surface area contributed by atoms with Gasteiger partial charge in [-0.1, -0.05) is 56.3 Å². The summed E-state index contributed by atoms with van der Waals surface area (Å²) in [5, 5.41) is 0. The third kappa shape index (κ3) is 6.40. The molecule has 1 aliphatic heterocycles. The van der Waals surface area contributed by atoms with Crippen LogP contribution in [0.4, 0.5) is 0 Å². The number of hydrogen-bond acceptors (Lipinski definition) is 4. The van der Waals surface area contributed by atoms with Gasteiger partial charge >= 0.3 is 0 Å². The Bertz CT molecular complexity index is 958. The molecule has 0 aliphatic carbocycles. The number of amides is 1. The van der Waals surface area contributed by atoms with Crippen molar-refractivity contribution in [3.63, 3.8) is 0 Å². The lowest BCUT2D eigenvalue weighted by Gasteiger charge is -2.22. The van der Waals surface area contributed by atoms with Gasteiger partial charge in [0.15, 0.2) is 0 Å². The van der Waals surface area contributed by atoms with Crippen molar-refractivity contribution in [3.8, 4) is 0 Å². The molecule has 1 aliphatic rings. The maximum Gasteiger partial charge on any atom is 0.243 e. The number of carbonyl (C=O) groups is 1. The Hall–Kier alpha value is -2.22. The van der Waals surface area contributed by atoms with Crippen LogP contribution in [-0.2, 0) is 27.8 Å². The predicted molar refractivity (Wildman–Crippen MR) is 128 cm³/mol. The van der Waals surface area contributed by atoms with Crippen LogP contribution in [0.3, 0.4) is 0 Å². The molecule has 7 heteroatoms. The third-order valence-electron chi connectivity index (χ3n) is 6.08. The van der Waals surface area contributed by atoms with Crippen LogP contribution in [0, 0.1) is 0 Å². The van der Waals surface area contributed by atoms with Crippen molar-refractivity contribution in [2.24, 2.45) is 0 Å². The topological polar surface area (TPSA) is 60.9 Å². The van der Waals surface area contributed by atoms with Crippen LogP contribution in [0.2, 0.25) is 0 Å². The fourth-order valence-corrected chi connectivity index (χ4v) is 5.63. The number of sulfonamides is 1. The lowest BCUT2D eigenvalue weighted by atomic mass is 10.1. The number of rotatable bonds is 9. The van der Waals surface area contributed by atoms with Crippen molar-refractivity contribution in [1.82, 2.24) is 14.1 Å². The maximum atomic E-state index is 12.8. The number of carbonyl (C=O) groups excluding carboxylic acids is 1. The predicted octanol–water partition coefficient (Wildman–Crippen LogP) is 3.38. The highest BCUT2D eigenvalue weighted by Gasteiger charge is 2.22. The van der Waals surface area contributed by atoms with E-state index in [1.54, 1.807) is 12.1 Å². The van der Waals surface area contributed by atoms with E-state index >= 15 is 0 Å². The zero-order chi connectivity index (χ0) is 23.0. The quantitative estimate of drug-likeness (QED) is 0.579. The number of hydrogen-bond donors (Lipinski definition) is 0. The van der Waals surface area contributed by atoms with E-state index in [1.807, 2.05) is 36.9 Å². The molecule has 0 unspecified atom stereocenters. The highest BCUT2D eigenvalue weighted by atomic mass is 32.2. The molecular formula is C25H35N3O3S. The van der Waals surface area contributed by atoms with Gasteiger partial charge in [0.25, 0.3) is 0 Å². The molecule has 0 radical (unpaired) electrons. The van der Waals surface area contributed by atoms with Crippen molar-refractivity contribution >= 4 is 15.9 Å². The minimum absolute atomic E-state index is 0.173. The van der Waals surface area contributed by atoms with Gasteiger partial charge in [-0.15, -0.1) is 0 Å². The van der Waals surface area contributed by atoms with Gasteiger partial charge in [-0.3, -0.25) is 9.69 Å². The summed E-state index contributed by atoms with van der Waals surface area (Å²) in [6.45, 7) is 8.94. The van der Waals surface area contributed by atoms with Crippen LogP contribution >= 0.6 is 0 Å². The van der Waals surface area contributed by atoms with Gasteiger partial charge in [0.1, 0.15) is 0 Å². The molecule has 2 aromatic carbocycles. The standard InChI is InChI=1S/C25H35N3O3S/c1-3-28(4-2)32(30,31)24-14-11-22(12-15-24)13-16-25(29)27-18-8-17-26(19-20-27)21-23-9-6-5-7-10-23/h5-7,9-12,14-15H,3-4,8,13,16-21H2,1-2H3. The van der Waals surface area contributed by atoms with E-state index in [9.17, 15) is 13.2 Å². The first kappa shape index (κ1) is 24.4. The summed E-state index contributed by atoms with van der Waals surface area (Å²) in [6.07, 6.45) is 2.05. The van der Waals surface area contributed by atoms with Crippen LogP contribution < -0.4 is 0 Å². The van der Waals surface area contributed by atoms with E-state index in [4.69, 9.17) is 0 Å². The highest BCUT2D eigenvalue weighted by Crippen LogP contribution is 2.17. The van der Waals surface area contributed by atoms with Crippen molar-refractivity contribution < 1.29 is 13.2 Å². The molecule has 0 spiro atoms. The smallest absolute Gasteiger partial charge is 0.243 e. The molecular weight excluding hydrogens is 422 g/mol. The molecule has 174 valence electrons. The minimum atomic E-state index is -3.44. The molecule has 3 rings (SSSR count). The van der Waals surface area contributed by atoms with Gasteiger partial charge in [-0.25, -0.2) is 8.42 Å². The molecule has 1 amide bonds. The summed E-state index contributed by atoms with van der Waals surface area (Å²) < 4.78 is 26.7. The zero-order valence-electron chi connectivity index (χ0n) is 19.2. The van der Waals surface area contributed by atoms with Crippen LogP contribution in [0.25, 0.3) is 0 Å². The van der Waals surface area contributed by atoms with Crippen LogP contribution in [-0.4, -0.2) is 67.7 Å². The Morgan fingerprint density at radius 3 is 2.22 bits per heavy atom. The molecule has 0 saturated carbocycles. The first-order chi connectivity index (χ1) is 15.4. The van der Waals surface area contributed by atoms with Gasteiger partial charge in [0.05, 0.1) is 4.90 Å². The number of benzene rings is 2. The summed E-state index contributed by atoms with van der Waals surface area (Å²) in [5.41, 5.74) is 2.29. The second-order valence-corrected chi connectivity index (χ2v) is 10.2. The minimum Gasteiger partial charge on any atom is -0.341 e. The van der Waals surface area contributed by atoms with E-state index in [2.05, 4.69) is 29.2 Å². The SMILES string of the molecule is CCN(CC)S(=O)(=O)c1ccc(CCC(=O)N2CCCN(Cc3ccccc3)CC2)cc1.